The highest BCUT2D eigenvalue weighted by Gasteiger charge is 2.48. The molecule has 0 spiro atoms. The maximum Gasteiger partial charge on any atom is 0.334 e. The molecule has 1 saturated heterocycles. The lowest BCUT2D eigenvalue weighted by molar-refractivity contribution is -0.144. The molecule has 1 aromatic rings. The largest absolute Gasteiger partial charge is 0.348 e. The number of urea groups is 1. The van der Waals surface area contributed by atoms with Crippen LogP contribution in [0.3, 0.4) is 0 Å². The topological polar surface area (TPSA) is 86.8 Å². The molecule has 0 aromatic heterocycles. The average molecular weight is 371 g/mol. The van der Waals surface area contributed by atoms with E-state index in [1.54, 1.807) is 0 Å². The fourth-order valence-electron chi connectivity index (χ4n) is 3.83. The van der Waals surface area contributed by atoms with Crippen LogP contribution < -0.4 is 5.32 Å². The Balaban J connectivity index is 1.66. The van der Waals surface area contributed by atoms with E-state index in [1.807, 2.05) is 37.3 Å². The summed E-state index contributed by atoms with van der Waals surface area (Å²) in [6, 6.07) is 8.47. The molecule has 1 aliphatic heterocycles. The van der Waals surface area contributed by atoms with Crippen molar-refractivity contribution in [3.63, 3.8) is 0 Å². The molecule has 2 fully saturated rings. The Morgan fingerprint density at radius 3 is 2.41 bits per heavy atom. The molecule has 0 bridgehead atoms. The minimum Gasteiger partial charge on any atom is -0.348 e. The Hall–Kier alpha value is -2.70. The predicted octanol–water partition coefficient (Wildman–Crippen LogP) is 2.38. The summed E-state index contributed by atoms with van der Waals surface area (Å²) in [5.74, 6) is -2.17. The van der Waals surface area contributed by atoms with Crippen LogP contribution >= 0.6 is 0 Å². The number of nitrogens with one attached hydrogen (secondary N) is 1. The van der Waals surface area contributed by atoms with Crippen LogP contribution in [0.25, 0.3) is 0 Å². The van der Waals surface area contributed by atoms with Crippen LogP contribution in [0.1, 0.15) is 57.1 Å². The van der Waals surface area contributed by atoms with Gasteiger partial charge in [-0.2, -0.15) is 0 Å². The molecule has 144 valence electrons. The first kappa shape index (κ1) is 19.1. The number of imide groups is 2. The number of carbonyl (C=O) groups excluding carboxylic acids is 4. The van der Waals surface area contributed by atoms with E-state index in [2.05, 4.69) is 5.32 Å². The SMILES string of the molecule is CCC[C@H](NC(=O)CN1C(=O)C(=O)N(C2CCCC2)C1=O)c1ccccc1. The van der Waals surface area contributed by atoms with Gasteiger partial charge in [-0.25, -0.2) is 9.69 Å². The summed E-state index contributed by atoms with van der Waals surface area (Å²) in [5.41, 5.74) is 0.968. The van der Waals surface area contributed by atoms with Crippen molar-refractivity contribution in [3.8, 4) is 0 Å². The van der Waals surface area contributed by atoms with E-state index in [0.29, 0.717) is 0 Å². The maximum absolute atomic E-state index is 12.6. The van der Waals surface area contributed by atoms with Gasteiger partial charge in [-0.05, 0) is 24.8 Å². The van der Waals surface area contributed by atoms with Gasteiger partial charge in [0.05, 0.1) is 6.04 Å². The van der Waals surface area contributed by atoms with E-state index < -0.39 is 30.3 Å². The van der Waals surface area contributed by atoms with Gasteiger partial charge in [0.15, 0.2) is 0 Å². The van der Waals surface area contributed by atoms with E-state index >= 15 is 0 Å². The van der Waals surface area contributed by atoms with Crippen molar-refractivity contribution in [1.29, 1.82) is 0 Å². The zero-order valence-electron chi connectivity index (χ0n) is 15.5. The Bertz CT molecular complexity index is 728. The normalized spacial score (nSPS) is 19.1. The highest BCUT2D eigenvalue weighted by Crippen LogP contribution is 2.27. The number of rotatable bonds is 7. The summed E-state index contributed by atoms with van der Waals surface area (Å²) in [6.45, 7) is 1.59. The summed E-state index contributed by atoms with van der Waals surface area (Å²) in [7, 11) is 0. The van der Waals surface area contributed by atoms with Gasteiger partial charge in [0.2, 0.25) is 5.91 Å². The fraction of sp³-hybridized carbons (Fsp3) is 0.500. The molecule has 5 amide bonds. The summed E-state index contributed by atoms with van der Waals surface area (Å²) in [6.07, 6.45) is 4.92. The number of hydrogen-bond acceptors (Lipinski definition) is 4. The second-order valence-electron chi connectivity index (χ2n) is 7.11. The fourth-order valence-corrected chi connectivity index (χ4v) is 3.83. The summed E-state index contributed by atoms with van der Waals surface area (Å²) in [4.78, 5) is 51.3. The molecule has 1 aliphatic carbocycles. The molecule has 2 aliphatic rings. The van der Waals surface area contributed by atoms with Crippen LogP contribution in [-0.2, 0) is 14.4 Å². The van der Waals surface area contributed by atoms with E-state index in [1.165, 1.54) is 0 Å². The van der Waals surface area contributed by atoms with Gasteiger partial charge in [0.1, 0.15) is 6.54 Å². The molecular weight excluding hydrogens is 346 g/mol. The lowest BCUT2D eigenvalue weighted by Crippen LogP contribution is -2.43. The Morgan fingerprint density at radius 1 is 1.11 bits per heavy atom. The quantitative estimate of drug-likeness (QED) is 0.589. The Labute approximate surface area is 158 Å². The molecule has 0 radical (unpaired) electrons. The first-order valence-electron chi connectivity index (χ1n) is 9.56. The van der Waals surface area contributed by atoms with Crippen molar-refractivity contribution in [2.75, 3.05) is 6.54 Å². The maximum atomic E-state index is 12.6. The Kier molecular flexibility index (Phi) is 5.88. The van der Waals surface area contributed by atoms with Gasteiger partial charge in [-0.3, -0.25) is 19.3 Å². The zero-order chi connectivity index (χ0) is 19.4. The van der Waals surface area contributed by atoms with Crippen LogP contribution in [-0.4, -0.2) is 46.1 Å². The highest BCUT2D eigenvalue weighted by molar-refractivity contribution is 6.45. The summed E-state index contributed by atoms with van der Waals surface area (Å²) >= 11 is 0. The summed E-state index contributed by atoms with van der Waals surface area (Å²) in [5, 5.41) is 2.89. The van der Waals surface area contributed by atoms with Crippen LogP contribution in [0.15, 0.2) is 30.3 Å². The molecule has 1 heterocycles. The van der Waals surface area contributed by atoms with Crippen LogP contribution in [0, 0.1) is 0 Å². The molecule has 7 nitrogen and oxygen atoms in total. The molecule has 1 aromatic carbocycles. The minimum atomic E-state index is -0.909. The van der Waals surface area contributed by atoms with Crippen molar-refractivity contribution in [2.45, 2.75) is 57.5 Å². The van der Waals surface area contributed by atoms with Crippen molar-refractivity contribution in [3.05, 3.63) is 35.9 Å². The first-order chi connectivity index (χ1) is 13.0. The van der Waals surface area contributed by atoms with Crippen LogP contribution in [0.5, 0.6) is 0 Å². The number of hydrogen-bond donors (Lipinski definition) is 1. The third-order valence-corrected chi connectivity index (χ3v) is 5.19. The predicted molar refractivity (Wildman–Crippen MR) is 98.4 cm³/mol. The number of nitrogens with zero attached hydrogens (tertiary/aromatic N) is 2. The summed E-state index contributed by atoms with van der Waals surface area (Å²) < 4.78 is 0. The lowest BCUT2D eigenvalue weighted by atomic mass is 10.0. The van der Waals surface area contributed by atoms with Gasteiger partial charge in [-0.1, -0.05) is 56.5 Å². The first-order valence-corrected chi connectivity index (χ1v) is 9.56. The monoisotopic (exact) mass is 371 g/mol. The van der Waals surface area contributed by atoms with Gasteiger partial charge in [0.25, 0.3) is 0 Å². The van der Waals surface area contributed by atoms with Gasteiger partial charge < -0.3 is 5.32 Å². The second-order valence-corrected chi connectivity index (χ2v) is 7.11. The average Bonchev–Trinajstić information content (AvgIpc) is 3.26. The third kappa shape index (κ3) is 4.02. The molecule has 1 atom stereocenters. The molecule has 27 heavy (non-hydrogen) atoms. The molecule has 3 rings (SSSR count). The molecule has 1 saturated carbocycles. The van der Waals surface area contributed by atoms with E-state index in [-0.39, 0.29) is 12.1 Å². The molecule has 0 unspecified atom stereocenters. The standard InChI is InChI=1S/C20H25N3O4/c1-2-8-16(14-9-4-3-5-10-14)21-17(24)13-22-18(25)19(26)23(20(22)27)15-11-6-7-12-15/h3-5,9-10,15-16H,2,6-8,11-13H2,1H3,(H,21,24)/t16-/m0/s1. The number of amides is 5. The third-order valence-electron chi connectivity index (χ3n) is 5.19. The number of benzene rings is 1. The van der Waals surface area contributed by atoms with Gasteiger partial charge in [-0.15, -0.1) is 0 Å². The van der Waals surface area contributed by atoms with Crippen molar-refractivity contribution in [1.82, 2.24) is 15.1 Å². The minimum absolute atomic E-state index is 0.196. The van der Waals surface area contributed by atoms with E-state index in [4.69, 9.17) is 0 Å². The lowest BCUT2D eigenvalue weighted by Gasteiger charge is -2.22. The van der Waals surface area contributed by atoms with Gasteiger partial charge in [0, 0.05) is 6.04 Å². The van der Waals surface area contributed by atoms with E-state index in [9.17, 15) is 19.2 Å². The van der Waals surface area contributed by atoms with Crippen molar-refractivity contribution in [2.24, 2.45) is 0 Å². The molecule has 7 heteroatoms. The van der Waals surface area contributed by atoms with Gasteiger partial charge >= 0.3 is 17.8 Å². The zero-order valence-corrected chi connectivity index (χ0v) is 15.5. The second kappa shape index (κ2) is 8.33. The molecule has 1 N–H and O–H groups in total. The molecular formula is C20H25N3O4. The van der Waals surface area contributed by atoms with E-state index in [0.717, 1.165) is 53.9 Å². The Morgan fingerprint density at radius 2 is 1.78 bits per heavy atom. The number of carbonyl (C=O) groups is 4. The van der Waals surface area contributed by atoms with Crippen molar-refractivity contribution >= 4 is 23.8 Å². The van der Waals surface area contributed by atoms with Crippen molar-refractivity contribution < 1.29 is 19.2 Å². The highest BCUT2D eigenvalue weighted by atomic mass is 16.2. The van der Waals surface area contributed by atoms with Crippen LogP contribution in [0.4, 0.5) is 4.79 Å². The van der Waals surface area contributed by atoms with Crippen LogP contribution in [0.2, 0.25) is 0 Å². The smallest absolute Gasteiger partial charge is 0.334 e.